The van der Waals surface area contributed by atoms with Gasteiger partial charge in [0, 0.05) is 43.9 Å². The first-order valence-electron chi connectivity index (χ1n) is 9.42. The van der Waals surface area contributed by atoms with Crippen LogP contribution in [0.2, 0.25) is 0 Å². The number of carbonyl (C=O) groups excluding carboxylic acids is 1. The lowest BCUT2D eigenvalue weighted by atomic mass is 9.98. The summed E-state index contributed by atoms with van der Waals surface area (Å²) in [4.78, 5) is 18.5. The molecule has 1 aliphatic heterocycles. The first kappa shape index (κ1) is 18.9. The van der Waals surface area contributed by atoms with Crippen molar-refractivity contribution in [2.75, 3.05) is 20.8 Å². The van der Waals surface area contributed by atoms with Crippen LogP contribution in [0.15, 0.2) is 41.1 Å². The van der Waals surface area contributed by atoms with Gasteiger partial charge in [-0.15, -0.1) is 10.2 Å². The molecule has 29 heavy (non-hydrogen) atoms. The summed E-state index contributed by atoms with van der Waals surface area (Å²) in [5.41, 5.74) is 3.08. The summed E-state index contributed by atoms with van der Waals surface area (Å²) >= 11 is 0. The van der Waals surface area contributed by atoms with Gasteiger partial charge in [0.05, 0.1) is 14.2 Å². The number of aromatic nitrogens is 3. The molecule has 3 aromatic rings. The molecule has 0 N–H and O–H groups in total. The Kier molecular flexibility index (Phi) is 5.41. The SMILES string of the molecule is COc1cc2c(cc1OC)CN(C(=O)CCc1nnc(-c3ccncc3)o1)CC2. The van der Waals surface area contributed by atoms with Crippen molar-refractivity contribution in [2.24, 2.45) is 0 Å². The minimum Gasteiger partial charge on any atom is -0.493 e. The van der Waals surface area contributed by atoms with Crippen molar-refractivity contribution in [3.63, 3.8) is 0 Å². The first-order valence-corrected chi connectivity index (χ1v) is 9.42. The van der Waals surface area contributed by atoms with Gasteiger partial charge in [-0.1, -0.05) is 0 Å². The number of aryl methyl sites for hydroxylation is 1. The third-order valence-corrected chi connectivity index (χ3v) is 5.02. The van der Waals surface area contributed by atoms with Gasteiger partial charge in [-0.05, 0) is 41.8 Å². The molecular formula is C21H22N4O4. The quantitative estimate of drug-likeness (QED) is 0.635. The van der Waals surface area contributed by atoms with Gasteiger partial charge >= 0.3 is 0 Å². The van der Waals surface area contributed by atoms with Crippen LogP contribution in [0.4, 0.5) is 0 Å². The van der Waals surface area contributed by atoms with Gasteiger partial charge in [-0.25, -0.2) is 0 Å². The summed E-state index contributed by atoms with van der Waals surface area (Å²) in [6.07, 6.45) is 4.85. The van der Waals surface area contributed by atoms with Gasteiger partial charge in [0.15, 0.2) is 11.5 Å². The molecule has 4 rings (SSSR count). The van der Waals surface area contributed by atoms with Gasteiger partial charge in [0.25, 0.3) is 0 Å². The molecule has 1 aromatic carbocycles. The molecule has 0 bridgehead atoms. The highest BCUT2D eigenvalue weighted by atomic mass is 16.5. The lowest BCUT2D eigenvalue weighted by Crippen LogP contribution is -2.36. The maximum absolute atomic E-state index is 12.7. The van der Waals surface area contributed by atoms with Crippen LogP contribution < -0.4 is 9.47 Å². The molecule has 0 aliphatic carbocycles. The molecule has 0 radical (unpaired) electrons. The summed E-state index contributed by atoms with van der Waals surface area (Å²) in [6.45, 7) is 1.23. The molecular weight excluding hydrogens is 372 g/mol. The molecule has 0 unspecified atom stereocenters. The first-order chi connectivity index (χ1) is 14.2. The van der Waals surface area contributed by atoms with Crippen LogP contribution in [-0.2, 0) is 24.2 Å². The standard InChI is InChI=1S/C21H22N4O4/c1-27-17-11-15-7-10-25(13-16(15)12-18(17)28-2)20(26)4-3-19-23-24-21(29-19)14-5-8-22-9-6-14/h5-6,8-9,11-12H,3-4,7,10,13H2,1-2H3. The number of benzene rings is 1. The van der Waals surface area contributed by atoms with E-state index in [1.54, 1.807) is 38.7 Å². The number of nitrogens with zero attached hydrogens (tertiary/aromatic N) is 4. The number of hydrogen-bond acceptors (Lipinski definition) is 7. The largest absolute Gasteiger partial charge is 0.493 e. The van der Waals surface area contributed by atoms with Crippen molar-refractivity contribution in [2.45, 2.75) is 25.8 Å². The van der Waals surface area contributed by atoms with Crippen LogP contribution in [0.3, 0.4) is 0 Å². The van der Waals surface area contributed by atoms with Crippen LogP contribution in [0, 0.1) is 0 Å². The van der Waals surface area contributed by atoms with Crippen LogP contribution in [0.5, 0.6) is 11.5 Å². The Bertz CT molecular complexity index is 1000. The highest BCUT2D eigenvalue weighted by Gasteiger charge is 2.23. The van der Waals surface area contributed by atoms with E-state index in [4.69, 9.17) is 13.9 Å². The van der Waals surface area contributed by atoms with Crippen LogP contribution in [0.1, 0.15) is 23.4 Å². The van der Waals surface area contributed by atoms with Crippen molar-refractivity contribution >= 4 is 5.91 Å². The summed E-state index contributed by atoms with van der Waals surface area (Å²) in [5, 5.41) is 8.10. The van der Waals surface area contributed by atoms with Crippen molar-refractivity contribution in [3.05, 3.63) is 53.7 Å². The van der Waals surface area contributed by atoms with Gasteiger partial charge in [-0.2, -0.15) is 0 Å². The Hall–Kier alpha value is -3.42. The fourth-order valence-corrected chi connectivity index (χ4v) is 3.43. The summed E-state index contributed by atoms with van der Waals surface area (Å²) in [6, 6.07) is 7.55. The number of carbonyl (C=O) groups is 1. The molecule has 0 fully saturated rings. The van der Waals surface area contributed by atoms with E-state index in [1.807, 2.05) is 17.0 Å². The zero-order valence-corrected chi connectivity index (χ0v) is 16.4. The summed E-state index contributed by atoms with van der Waals surface area (Å²) < 4.78 is 16.4. The molecule has 8 nitrogen and oxygen atoms in total. The number of amides is 1. The van der Waals surface area contributed by atoms with Crippen molar-refractivity contribution in [3.8, 4) is 23.0 Å². The van der Waals surface area contributed by atoms with Crippen molar-refractivity contribution in [1.82, 2.24) is 20.1 Å². The highest BCUT2D eigenvalue weighted by Crippen LogP contribution is 2.33. The van der Waals surface area contributed by atoms with Gasteiger partial charge in [0.1, 0.15) is 0 Å². The molecule has 8 heteroatoms. The predicted octanol–water partition coefficient (Wildman–Crippen LogP) is 2.67. The zero-order chi connectivity index (χ0) is 20.2. The Labute approximate surface area is 168 Å². The fourth-order valence-electron chi connectivity index (χ4n) is 3.43. The smallest absolute Gasteiger partial charge is 0.247 e. The molecule has 150 valence electrons. The number of methoxy groups -OCH3 is 2. The van der Waals surface area contributed by atoms with Gasteiger partial charge < -0.3 is 18.8 Å². The molecule has 0 saturated carbocycles. The Morgan fingerprint density at radius 3 is 2.55 bits per heavy atom. The topological polar surface area (TPSA) is 90.6 Å². The van der Waals surface area contributed by atoms with E-state index in [9.17, 15) is 4.79 Å². The van der Waals surface area contributed by atoms with Crippen LogP contribution in [-0.4, -0.2) is 46.8 Å². The second-order valence-electron chi connectivity index (χ2n) is 6.78. The van der Waals surface area contributed by atoms with E-state index in [0.29, 0.717) is 49.2 Å². The number of fused-ring (bicyclic) bond motifs is 1. The average Bonchev–Trinajstić information content (AvgIpc) is 3.25. The van der Waals surface area contributed by atoms with E-state index in [1.165, 1.54) is 5.56 Å². The van der Waals surface area contributed by atoms with E-state index in [-0.39, 0.29) is 5.91 Å². The highest BCUT2D eigenvalue weighted by molar-refractivity contribution is 5.76. The second kappa shape index (κ2) is 8.30. The average molecular weight is 394 g/mol. The molecule has 2 aromatic heterocycles. The minimum absolute atomic E-state index is 0.0640. The monoisotopic (exact) mass is 394 g/mol. The number of pyridine rings is 1. The van der Waals surface area contributed by atoms with E-state index < -0.39 is 0 Å². The van der Waals surface area contributed by atoms with E-state index in [2.05, 4.69) is 15.2 Å². The normalized spacial score (nSPS) is 13.1. The zero-order valence-electron chi connectivity index (χ0n) is 16.4. The molecule has 1 amide bonds. The Balaban J connectivity index is 1.38. The van der Waals surface area contributed by atoms with Gasteiger partial charge in [0.2, 0.25) is 17.7 Å². The second-order valence-corrected chi connectivity index (χ2v) is 6.78. The van der Waals surface area contributed by atoms with E-state index in [0.717, 1.165) is 17.5 Å². The van der Waals surface area contributed by atoms with Crippen molar-refractivity contribution < 1.29 is 18.7 Å². The Morgan fingerprint density at radius 1 is 1.10 bits per heavy atom. The lowest BCUT2D eigenvalue weighted by molar-refractivity contribution is -0.132. The minimum atomic E-state index is 0.0640. The number of hydrogen-bond donors (Lipinski definition) is 0. The third-order valence-electron chi connectivity index (χ3n) is 5.02. The van der Waals surface area contributed by atoms with Crippen molar-refractivity contribution in [1.29, 1.82) is 0 Å². The molecule has 0 spiro atoms. The predicted molar refractivity (Wildman–Crippen MR) is 105 cm³/mol. The summed E-state index contributed by atoms with van der Waals surface area (Å²) in [5.74, 6) is 2.34. The summed E-state index contributed by atoms with van der Waals surface area (Å²) in [7, 11) is 3.24. The molecule has 1 aliphatic rings. The molecule has 0 atom stereocenters. The van der Waals surface area contributed by atoms with Gasteiger partial charge in [-0.3, -0.25) is 9.78 Å². The number of ether oxygens (including phenoxy) is 2. The fraction of sp³-hybridized carbons (Fsp3) is 0.333. The molecule has 3 heterocycles. The third kappa shape index (κ3) is 4.06. The van der Waals surface area contributed by atoms with Crippen LogP contribution >= 0.6 is 0 Å². The maximum atomic E-state index is 12.7. The maximum Gasteiger partial charge on any atom is 0.247 e. The number of rotatable bonds is 6. The van der Waals surface area contributed by atoms with E-state index >= 15 is 0 Å². The van der Waals surface area contributed by atoms with Crippen LogP contribution in [0.25, 0.3) is 11.5 Å². The Morgan fingerprint density at radius 2 is 1.83 bits per heavy atom. The molecule has 0 saturated heterocycles. The lowest BCUT2D eigenvalue weighted by Gasteiger charge is -2.29.